The van der Waals surface area contributed by atoms with Crippen LogP contribution in [0.2, 0.25) is 0 Å². The Hall–Kier alpha value is -1.36. The van der Waals surface area contributed by atoms with Gasteiger partial charge in [-0.1, -0.05) is 12.1 Å². The average Bonchev–Trinajstić information content (AvgIpc) is 2.38. The van der Waals surface area contributed by atoms with Crippen molar-refractivity contribution in [1.29, 1.82) is 0 Å². The number of methoxy groups -OCH3 is 1. The van der Waals surface area contributed by atoms with E-state index < -0.39 is 0 Å². The van der Waals surface area contributed by atoms with Crippen LogP contribution in [0.3, 0.4) is 0 Å². The Labute approximate surface area is 120 Å². The molecule has 0 radical (unpaired) electrons. The zero-order valence-electron chi connectivity index (χ0n) is 10.2. The summed E-state index contributed by atoms with van der Waals surface area (Å²) in [5.74, 6) is 0.847. The van der Waals surface area contributed by atoms with Gasteiger partial charge in [-0.05, 0) is 65.4 Å². The summed E-state index contributed by atoms with van der Waals surface area (Å²) in [5, 5.41) is 0. The monoisotopic (exact) mass is 352 g/mol. The Kier molecular flexibility index (Phi) is 4.01. The van der Waals surface area contributed by atoms with Crippen molar-refractivity contribution in [3.05, 3.63) is 62.7 Å². The number of carbonyl (C=O) groups excluding carboxylic acids is 1. The fraction of sp³-hybridized carbons (Fsp3) is 0.133. The summed E-state index contributed by atoms with van der Waals surface area (Å²) < 4.78 is 6.16. The van der Waals surface area contributed by atoms with Crippen molar-refractivity contribution >= 4 is 28.4 Å². The molecule has 0 spiro atoms. The van der Waals surface area contributed by atoms with Crippen molar-refractivity contribution < 1.29 is 9.53 Å². The molecule has 0 aliphatic rings. The van der Waals surface area contributed by atoms with Crippen molar-refractivity contribution in [2.45, 2.75) is 6.92 Å². The maximum atomic E-state index is 12.4. The molecule has 3 heteroatoms. The van der Waals surface area contributed by atoms with E-state index in [4.69, 9.17) is 4.74 Å². The predicted molar refractivity (Wildman–Crippen MR) is 80.3 cm³/mol. The van der Waals surface area contributed by atoms with Gasteiger partial charge in [0, 0.05) is 14.7 Å². The maximum absolute atomic E-state index is 12.4. The quantitative estimate of drug-likeness (QED) is 0.620. The minimum atomic E-state index is 0.0470. The van der Waals surface area contributed by atoms with E-state index in [-0.39, 0.29) is 5.78 Å². The van der Waals surface area contributed by atoms with E-state index in [0.29, 0.717) is 5.56 Å². The third-order valence-electron chi connectivity index (χ3n) is 2.78. The van der Waals surface area contributed by atoms with Gasteiger partial charge in [-0.25, -0.2) is 0 Å². The van der Waals surface area contributed by atoms with Crippen LogP contribution in [0.25, 0.3) is 0 Å². The fourth-order valence-corrected chi connectivity index (χ4v) is 2.45. The van der Waals surface area contributed by atoms with E-state index in [0.717, 1.165) is 20.4 Å². The summed E-state index contributed by atoms with van der Waals surface area (Å²) >= 11 is 2.18. The van der Waals surface area contributed by atoms with E-state index in [1.807, 2.05) is 43.3 Å². The first-order valence-corrected chi connectivity index (χ1v) is 6.65. The SMILES string of the molecule is COc1ccc(C(=O)c2ccccc2I)cc1C. The molecule has 2 aromatic rings. The van der Waals surface area contributed by atoms with Crippen LogP contribution >= 0.6 is 22.6 Å². The minimum Gasteiger partial charge on any atom is -0.496 e. The molecular formula is C15H13IO2. The highest BCUT2D eigenvalue weighted by Gasteiger charge is 2.13. The van der Waals surface area contributed by atoms with Crippen molar-refractivity contribution in [2.75, 3.05) is 7.11 Å². The lowest BCUT2D eigenvalue weighted by Gasteiger charge is -2.07. The number of hydrogen-bond acceptors (Lipinski definition) is 2. The largest absolute Gasteiger partial charge is 0.496 e. The molecule has 2 nitrogen and oxygen atoms in total. The Morgan fingerprint density at radius 3 is 2.50 bits per heavy atom. The molecule has 2 rings (SSSR count). The summed E-state index contributed by atoms with van der Waals surface area (Å²) in [6, 6.07) is 13.1. The van der Waals surface area contributed by atoms with Crippen LogP contribution in [0, 0.1) is 10.5 Å². The molecule has 0 heterocycles. The van der Waals surface area contributed by atoms with Gasteiger partial charge in [-0.3, -0.25) is 4.79 Å². The highest BCUT2D eigenvalue weighted by atomic mass is 127. The zero-order chi connectivity index (χ0) is 13.1. The number of hydrogen-bond donors (Lipinski definition) is 0. The van der Waals surface area contributed by atoms with E-state index in [2.05, 4.69) is 22.6 Å². The topological polar surface area (TPSA) is 26.3 Å². The van der Waals surface area contributed by atoms with Gasteiger partial charge in [-0.2, -0.15) is 0 Å². The molecule has 0 N–H and O–H groups in total. The molecule has 0 aliphatic carbocycles. The van der Waals surface area contributed by atoms with Gasteiger partial charge in [0.1, 0.15) is 5.75 Å². The zero-order valence-corrected chi connectivity index (χ0v) is 12.4. The number of ketones is 1. The Morgan fingerprint density at radius 1 is 1.17 bits per heavy atom. The lowest BCUT2D eigenvalue weighted by molar-refractivity contribution is 0.103. The normalized spacial score (nSPS) is 10.2. The summed E-state index contributed by atoms with van der Waals surface area (Å²) in [6.45, 7) is 1.94. The molecule has 18 heavy (non-hydrogen) atoms. The third-order valence-corrected chi connectivity index (χ3v) is 3.72. The molecule has 0 saturated carbocycles. The van der Waals surface area contributed by atoms with Crippen LogP contribution < -0.4 is 4.74 Å². The molecule has 0 saturated heterocycles. The minimum absolute atomic E-state index is 0.0470. The van der Waals surface area contributed by atoms with Gasteiger partial charge in [0.2, 0.25) is 0 Å². The Morgan fingerprint density at radius 2 is 1.89 bits per heavy atom. The molecule has 0 aromatic heterocycles. The summed E-state index contributed by atoms with van der Waals surface area (Å²) in [7, 11) is 1.63. The number of carbonyl (C=O) groups is 1. The average molecular weight is 352 g/mol. The lowest BCUT2D eigenvalue weighted by atomic mass is 10.0. The number of aryl methyl sites for hydroxylation is 1. The van der Waals surface area contributed by atoms with Crippen molar-refractivity contribution in [1.82, 2.24) is 0 Å². The summed E-state index contributed by atoms with van der Waals surface area (Å²) in [4.78, 5) is 12.4. The third kappa shape index (κ3) is 2.56. The molecule has 0 bridgehead atoms. The van der Waals surface area contributed by atoms with Crippen molar-refractivity contribution in [3.8, 4) is 5.75 Å². The van der Waals surface area contributed by atoms with Crippen molar-refractivity contribution in [3.63, 3.8) is 0 Å². The smallest absolute Gasteiger partial charge is 0.194 e. The van der Waals surface area contributed by atoms with E-state index in [1.54, 1.807) is 13.2 Å². The first kappa shape index (κ1) is 13.1. The van der Waals surface area contributed by atoms with Gasteiger partial charge in [-0.15, -0.1) is 0 Å². The van der Waals surface area contributed by atoms with Crippen LogP contribution in [-0.2, 0) is 0 Å². The van der Waals surface area contributed by atoms with Crippen LogP contribution in [-0.4, -0.2) is 12.9 Å². The molecule has 0 atom stereocenters. The Bertz CT molecular complexity index is 591. The van der Waals surface area contributed by atoms with E-state index in [9.17, 15) is 4.79 Å². The fourth-order valence-electron chi connectivity index (χ4n) is 1.82. The molecule has 2 aromatic carbocycles. The number of halogens is 1. The Balaban J connectivity index is 2.41. The standard InChI is InChI=1S/C15H13IO2/c1-10-9-11(7-8-14(10)18-2)15(17)12-5-3-4-6-13(12)16/h3-9H,1-2H3. The van der Waals surface area contributed by atoms with Crippen LogP contribution in [0.1, 0.15) is 21.5 Å². The second kappa shape index (κ2) is 5.52. The first-order chi connectivity index (χ1) is 8.63. The highest BCUT2D eigenvalue weighted by Crippen LogP contribution is 2.22. The van der Waals surface area contributed by atoms with E-state index in [1.165, 1.54) is 0 Å². The molecule has 0 unspecified atom stereocenters. The molecule has 0 fully saturated rings. The molecule has 0 amide bonds. The molecule has 0 aliphatic heterocycles. The second-order valence-corrected chi connectivity index (χ2v) is 5.16. The van der Waals surface area contributed by atoms with Gasteiger partial charge in [0.15, 0.2) is 5.78 Å². The number of rotatable bonds is 3. The molecule has 92 valence electrons. The van der Waals surface area contributed by atoms with Crippen LogP contribution in [0.15, 0.2) is 42.5 Å². The van der Waals surface area contributed by atoms with Crippen LogP contribution in [0.4, 0.5) is 0 Å². The lowest BCUT2D eigenvalue weighted by Crippen LogP contribution is -2.04. The molecular weight excluding hydrogens is 339 g/mol. The van der Waals surface area contributed by atoms with Gasteiger partial charge in [0.05, 0.1) is 7.11 Å². The maximum Gasteiger partial charge on any atom is 0.194 e. The van der Waals surface area contributed by atoms with E-state index >= 15 is 0 Å². The van der Waals surface area contributed by atoms with Gasteiger partial charge < -0.3 is 4.74 Å². The first-order valence-electron chi connectivity index (χ1n) is 5.57. The van der Waals surface area contributed by atoms with Crippen molar-refractivity contribution in [2.24, 2.45) is 0 Å². The summed E-state index contributed by atoms with van der Waals surface area (Å²) in [5.41, 5.74) is 2.40. The number of ether oxygens (including phenoxy) is 1. The number of benzene rings is 2. The predicted octanol–water partition coefficient (Wildman–Crippen LogP) is 3.84. The van der Waals surface area contributed by atoms with Gasteiger partial charge in [0.25, 0.3) is 0 Å². The second-order valence-electron chi connectivity index (χ2n) is 3.99. The van der Waals surface area contributed by atoms with Gasteiger partial charge >= 0.3 is 0 Å². The highest BCUT2D eigenvalue weighted by molar-refractivity contribution is 14.1. The summed E-state index contributed by atoms with van der Waals surface area (Å²) in [6.07, 6.45) is 0. The van der Waals surface area contributed by atoms with Crippen LogP contribution in [0.5, 0.6) is 5.75 Å².